The summed E-state index contributed by atoms with van der Waals surface area (Å²) in [5.41, 5.74) is 11.6. The van der Waals surface area contributed by atoms with Crippen LogP contribution in [-0.4, -0.2) is 195 Å². The molecule has 32 heteroatoms. The third-order valence-electron chi connectivity index (χ3n) is 27.4. The van der Waals surface area contributed by atoms with Gasteiger partial charge in [-0.25, -0.2) is 36.2 Å². The number of nitro benzene ring substituents is 2. The van der Waals surface area contributed by atoms with Gasteiger partial charge in [0.15, 0.2) is 0 Å². The lowest BCUT2D eigenvalue weighted by atomic mass is 9.72. The van der Waals surface area contributed by atoms with Crippen LogP contribution in [0.3, 0.4) is 0 Å². The number of allylic oxidation sites excluding steroid dienone is 2. The van der Waals surface area contributed by atoms with Crippen LogP contribution >= 0.6 is 23.2 Å². The second-order valence-electron chi connectivity index (χ2n) is 37.8. The number of aromatic nitrogens is 4. The number of sulfonamides is 2. The van der Waals surface area contributed by atoms with Gasteiger partial charge in [0.25, 0.3) is 43.2 Å². The number of fused-ring (bicyclic) bond motifs is 6. The molecule has 129 heavy (non-hydrogen) atoms. The van der Waals surface area contributed by atoms with E-state index in [1.54, 1.807) is 60.9 Å². The number of ether oxygens (including phenoxy) is 4. The summed E-state index contributed by atoms with van der Waals surface area (Å²) in [6, 6.07) is 39.0. The van der Waals surface area contributed by atoms with Crippen molar-refractivity contribution in [3.8, 4) is 34.5 Å². The van der Waals surface area contributed by atoms with Crippen molar-refractivity contribution >= 4 is 111 Å². The molecular weight excluding hydrogens is 1720 g/mol. The fourth-order valence-corrected chi connectivity index (χ4v) is 22.6. The number of piperazine rings is 2. The lowest BCUT2D eigenvalue weighted by Gasteiger charge is -2.39. The Kier molecular flexibility index (Phi) is 25.5. The van der Waals surface area contributed by atoms with E-state index >= 15 is 0 Å². The van der Waals surface area contributed by atoms with Gasteiger partial charge in [0.2, 0.25) is 0 Å². The second kappa shape index (κ2) is 37.1. The number of benzene rings is 6. The van der Waals surface area contributed by atoms with Crippen molar-refractivity contribution in [2.24, 2.45) is 28.6 Å². The molecule has 4 N–H and O–H groups in total. The molecule has 1 saturated carbocycles. The van der Waals surface area contributed by atoms with Crippen molar-refractivity contribution in [1.82, 2.24) is 49.0 Å². The summed E-state index contributed by atoms with van der Waals surface area (Å²) in [5, 5.41) is 27.8. The molecule has 19 rings (SSSR count). The lowest BCUT2D eigenvalue weighted by Crippen LogP contribution is -2.47. The zero-order valence-electron chi connectivity index (χ0n) is 73.0. The van der Waals surface area contributed by atoms with Crippen molar-refractivity contribution in [2.45, 2.75) is 133 Å². The van der Waals surface area contributed by atoms with E-state index < -0.39 is 51.5 Å². The maximum Gasteiger partial charge on any atom is 0.277 e. The molecule has 3 aliphatic carbocycles. The zero-order chi connectivity index (χ0) is 89.6. The van der Waals surface area contributed by atoms with Crippen LogP contribution in [0.5, 0.6) is 34.5 Å². The van der Waals surface area contributed by atoms with E-state index in [1.807, 2.05) is 36.4 Å². The maximum atomic E-state index is 14.1. The number of H-pyrrole nitrogens is 2. The number of nitro groups is 2. The highest BCUT2D eigenvalue weighted by Crippen LogP contribution is 2.48. The molecule has 676 valence electrons. The number of halogens is 2. The predicted octanol–water partition coefficient (Wildman–Crippen LogP) is 17.7. The molecule has 0 spiro atoms. The molecule has 28 nitrogen and oxygen atoms in total. The number of piperidine rings is 2. The normalized spacial score (nSPS) is 20.9. The first-order valence-corrected chi connectivity index (χ1v) is 48.6. The molecule has 4 atom stereocenters. The summed E-state index contributed by atoms with van der Waals surface area (Å²) in [6.45, 7) is 22.5. The number of carbonyl (C=O) groups is 2. The van der Waals surface area contributed by atoms with Gasteiger partial charge in [0.1, 0.15) is 45.8 Å². The molecule has 10 heterocycles. The Bertz CT molecular complexity index is 6260. The molecule has 10 aromatic rings. The van der Waals surface area contributed by atoms with Gasteiger partial charge in [-0.3, -0.25) is 44.5 Å². The van der Waals surface area contributed by atoms with Crippen LogP contribution in [-0.2, 0) is 32.9 Å². The Morgan fingerprint density at radius 1 is 0.543 bits per heavy atom. The smallest absolute Gasteiger partial charge is 0.277 e. The topological polar surface area (TPSA) is 326 Å². The minimum Gasteiger partial charge on any atom is -0.493 e. The maximum absolute atomic E-state index is 14.1. The highest BCUT2D eigenvalue weighted by Gasteiger charge is 2.42. The summed E-state index contributed by atoms with van der Waals surface area (Å²) >= 11 is 12.5. The van der Waals surface area contributed by atoms with Gasteiger partial charge in [0, 0.05) is 184 Å². The number of amides is 2. The van der Waals surface area contributed by atoms with E-state index in [-0.39, 0.29) is 68.2 Å². The van der Waals surface area contributed by atoms with Gasteiger partial charge in [-0.2, -0.15) is 0 Å². The molecule has 6 aromatic carbocycles. The van der Waals surface area contributed by atoms with E-state index in [0.717, 1.165) is 200 Å². The van der Waals surface area contributed by atoms with Crippen LogP contribution < -0.4 is 38.2 Å². The molecule has 5 fully saturated rings. The van der Waals surface area contributed by atoms with Gasteiger partial charge < -0.3 is 43.6 Å². The van der Waals surface area contributed by atoms with Gasteiger partial charge in [-0.15, -0.1) is 0 Å². The number of hydrogen-bond donors (Lipinski definition) is 4. The molecule has 2 amide bonds. The van der Waals surface area contributed by atoms with Gasteiger partial charge in [-0.1, -0.05) is 92.7 Å². The largest absolute Gasteiger partial charge is 0.493 e. The Hall–Kier alpha value is -11.0. The van der Waals surface area contributed by atoms with Gasteiger partial charge >= 0.3 is 0 Å². The standard InChI is InChI=1S/C49H54ClN7O7S.C48H54ClN7O7S/c1-49(2)13-11-35(43(25-49)33-4-6-36(50)7-5-33)29-54-15-17-55(18-16-54)38-9-10-41(46(22-38)64-39-21-34-12-14-51-47(34)52-26-39)48(58)53-65(61,62)40-23-44(57(59)60)42-20-32(30-63-45(42)24-40)28-56-27-31-3-8-37(56)19-31;1-48(2)14-12-35(42(27-48)33-6-8-36(49)9-7-33)30-54-18-20-55(21-19-54)37-10-11-40(45(24-37)63-38-23-34-13-15-50-46(34)51-28-38)47(57)52-64(60,61)39-25-43(56(58)59)41-22-32(31-62-44(41)26-39)29-53-16-4-3-5-17-53/h4-7,9-10,12,14,21-24,26,31-32,37H,3,8,11,13,15-20,25,27-30H2,1-2H3,(H,51,52)(H,53,58);6-11,13,15,23-26,28,32H,3-5,12,14,16-22,27,29-31H2,1-2H3,(H,50,51)(H,52,57)/t31-,32-,37+;32-/m11/s1. The first-order valence-electron chi connectivity index (χ1n) is 44.9. The van der Waals surface area contributed by atoms with Crippen molar-refractivity contribution in [1.29, 1.82) is 0 Å². The monoisotopic (exact) mass is 1830 g/mol. The highest BCUT2D eigenvalue weighted by molar-refractivity contribution is 7.90. The van der Waals surface area contributed by atoms with E-state index in [9.17, 15) is 46.7 Å². The van der Waals surface area contributed by atoms with E-state index in [4.69, 9.17) is 42.1 Å². The minimum absolute atomic E-state index is 0.0332. The van der Waals surface area contributed by atoms with Gasteiger partial charge in [-0.05, 0) is 208 Å². The molecule has 2 bridgehead atoms. The third kappa shape index (κ3) is 20.3. The van der Waals surface area contributed by atoms with E-state index in [0.29, 0.717) is 66.0 Å². The summed E-state index contributed by atoms with van der Waals surface area (Å²) in [7, 11) is -9.23. The number of rotatable bonds is 24. The highest BCUT2D eigenvalue weighted by atomic mass is 35.5. The SMILES string of the molecule is CC1(C)CCC(CN2CCN(c3ccc(C(=O)NS(=O)(=O)c4cc5c(c([N+](=O)[O-])c4)C[C@H](CN4CCCCC4)CO5)c(Oc4cnc5[nH]ccc5c4)c3)CC2)=C(c2ccc(Cl)cc2)C1.CC1(C)CCC(CN2CCN(c3ccc(C(=O)NS(=O)(=O)c4cc5c(c([N+](=O)[O-])c4)C[C@H](CN4C[C@@H]6CC[C@H]4C6)CO5)c(Oc4cnc5[nH]ccc5c4)c3)CC2)=C(c2ccc(Cl)cc2)C1. The Balaban J connectivity index is 0.000000174. The minimum atomic E-state index is -4.62. The number of carbonyl (C=O) groups excluding carboxylic acids is 2. The number of likely N-dealkylation sites (tertiary alicyclic amines) is 2. The third-order valence-corrected chi connectivity index (χ3v) is 30.5. The van der Waals surface area contributed by atoms with Crippen LogP contribution in [0.1, 0.15) is 148 Å². The summed E-state index contributed by atoms with van der Waals surface area (Å²) in [6.07, 6.45) is 20.9. The number of hydrogen-bond acceptors (Lipinski definition) is 22. The quantitative estimate of drug-likeness (QED) is 0.0322. The molecule has 4 aromatic heterocycles. The summed E-state index contributed by atoms with van der Waals surface area (Å²) in [5.74, 6) is 0.156. The first kappa shape index (κ1) is 88.7. The Labute approximate surface area is 761 Å². The average Bonchev–Trinajstić information content (AvgIpc) is 1.33. The van der Waals surface area contributed by atoms with Crippen LogP contribution in [0.25, 0.3) is 33.2 Å². The van der Waals surface area contributed by atoms with E-state index in [1.165, 1.54) is 83.6 Å². The number of anilines is 2. The predicted molar refractivity (Wildman–Crippen MR) is 498 cm³/mol. The van der Waals surface area contributed by atoms with Crippen molar-refractivity contribution < 1.29 is 55.2 Å². The van der Waals surface area contributed by atoms with Crippen LogP contribution in [0, 0.1) is 48.8 Å². The van der Waals surface area contributed by atoms with Crippen molar-refractivity contribution in [2.75, 3.05) is 121 Å². The van der Waals surface area contributed by atoms with Crippen molar-refractivity contribution in [3.63, 3.8) is 0 Å². The molecule has 0 unspecified atom stereocenters. The fraction of sp³-hybridized carbons (Fsp3) is 0.423. The van der Waals surface area contributed by atoms with Crippen LogP contribution in [0.4, 0.5) is 22.7 Å². The number of pyridine rings is 2. The number of nitrogens with zero attached hydrogens (tertiary/aromatic N) is 10. The molecule has 9 aliphatic rings. The molecule has 4 saturated heterocycles. The fourth-order valence-electron chi connectivity index (χ4n) is 20.4. The van der Waals surface area contributed by atoms with Crippen LogP contribution in [0.15, 0.2) is 179 Å². The average molecular weight is 1830 g/mol. The number of nitrogens with one attached hydrogen (secondary N) is 4. The lowest BCUT2D eigenvalue weighted by molar-refractivity contribution is -0.386. The molecule has 0 radical (unpaired) electrons. The van der Waals surface area contributed by atoms with Crippen LogP contribution in [0.2, 0.25) is 10.0 Å². The zero-order valence-corrected chi connectivity index (χ0v) is 76.1. The molecular formula is C97H108Cl2N14O14S2. The van der Waals surface area contributed by atoms with Crippen molar-refractivity contribution in [3.05, 3.63) is 233 Å². The Morgan fingerprint density at radius 2 is 0.992 bits per heavy atom. The molecule has 6 aliphatic heterocycles. The first-order chi connectivity index (χ1) is 62.0. The second-order valence-corrected chi connectivity index (χ2v) is 42.0. The van der Waals surface area contributed by atoms with E-state index in [2.05, 4.69) is 111 Å². The number of aromatic amines is 2. The summed E-state index contributed by atoms with van der Waals surface area (Å²) in [4.78, 5) is 80.2. The summed E-state index contributed by atoms with van der Waals surface area (Å²) < 4.78 is 84.9. The Morgan fingerprint density at radius 3 is 1.42 bits per heavy atom. The van der Waals surface area contributed by atoms with Gasteiger partial charge in [0.05, 0.1) is 67.5 Å².